The Balaban J connectivity index is 0.000000238. The van der Waals surface area contributed by atoms with E-state index in [1.54, 1.807) is 6.20 Å². The number of benzene rings is 3. The Kier molecular flexibility index (Phi) is 9.21. The van der Waals surface area contributed by atoms with Gasteiger partial charge in [-0.15, -0.1) is 59.7 Å². The van der Waals surface area contributed by atoms with Gasteiger partial charge in [0.05, 0.1) is 8.07 Å². The van der Waals surface area contributed by atoms with Gasteiger partial charge in [0.1, 0.15) is 0 Å². The van der Waals surface area contributed by atoms with Crippen molar-refractivity contribution in [2.24, 2.45) is 0 Å². The molecule has 0 saturated carbocycles. The fraction of sp³-hybridized carbons (Fsp3) is 0.200. The zero-order valence-corrected chi connectivity index (χ0v) is 28.1. The molecular weight excluding hydrogens is 701 g/mol. The van der Waals surface area contributed by atoms with Crippen LogP contribution in [0.2, 0.25) is 19.6 Å². The molecule has 1 radical (unpaired) electrons. The zero-order chi connectivity index (χ0) is 27.6. The molecule has 0 spiro atoms. The summed E-state index contributed by atoms with van der Waals surface area (Å²) in [6.07, 6.45) is 3.80. The van der Waals surface area contributed by atoms with Crippen molar-refractivity contribution >= 4 is 44.8 Å². The molecule has 5 heteroatoms. The van der Waals surface area contributed by atoms with Crippen LogP contribution in [0.3, 0.4) is 0 Å². The SMILES string of the molecule is CC(C)(C)c1ccc(-c2[c-]ccc3c2sc2ccc([Si](C)(C)C)cc23)nc1.[Ir].[c-]1ccccc1-c1ccccn1. The Hall–Kier alpha value is -2.95. The normalized spacial score (nSPS) is 11.6. The summed E-state index contributed by atoms with van der Waals surface area (Å²) in [6, 6.07) is 35.9. The number of hydrogen-bond acceptors (Lipinski definition) is 3. The van der Waals surface area contributed by atoms with Crippen LogP contribution in [0.5, 0.6) is 0 Å². The molecule has 3 aromatic heterocycles. The van der Waals surface area contributed by atoms with Gasteiger partial charge >= 0.3 is 0 Å². The predicted molar refractivity (Wildman–Crippen MR) is 172 cm³/mol. The molecule has 0 atom stereocenters. The number of nitrogens with zero attached hydrogens (tertiary/aromatic N) is 2. The number of rotatable bonds is 3. The van der Waals surface area contributed by atoms with Crippen molar-refractivity contribution in [2.45, 2.75) is 45.8 Å². The van der Waals surface area contributed by atoms with Gasteiger partial charge in [0.15, 0.2) is 0 Å². The van der Waals surface area contributed by atoms with Crippen molar-refractivity contribution < 1.29 is 20.1 Å². The molecule has 3 aromatic carbocycles. The van der Waals surface area contributed by atoms with E-state index in [4.69, 9.17) is 4.98 Å². The summed E-state index contributed by atoms with van der Waals surface area (Å²) in [4.78, 5) is 8.99. The topological polar surface area (TPSA) is 25.8 Å². The Labute approximate surface area is 256 Å². The van der Waals surface area contributed by atoms with E-state index in [0.29, 0.717) is 0 Å². The second-order valence-electron chi connectivity index (χ2n) is 11.8. The van der Waals surface area contributed by atoms with Gasteiger partial charge in [-0.05, 0) is 44.6 Å². The molecule has 0 saturated heterocycles. The van der Waals surface area contributed by atoms with Crippen LogP contribution in [0.1, 0.15) is 26.3 Å². The third-order valence-electron chi connectivity index (χ3n) is 6.83. The molecule has 0 amide bonds. The molecule has 0 aliphatic heterocycles. The van der Waals surface area contributed by atoms with Crippen molar-refractivity contribution in [1.82, 2.24) is 9.97 Å². The van der Waals surface area contributed by atoms with E-state index in [2.05, 4.69) is 93.9 Å². The first-order valence-electron chi connectivity index (χ1n) is 13.3. The maximum Gasteiger partial charge on any atom is 0.0776 e. The molecule has 0 aliphatic carbocycles. The van der Waals surface area contributed by atoms with E-state index in [9.17, 15) is 0 Å². The van der Waals surface area contributed by atoms with Crippen LogP contribution in [0.15, 0.2) is 97.3 Å². The first-order valence-corrected chi connectivity index (χ1v) is 17.7. The summed E-state index contributed by atoms with van der Waals surface area (Å²) in [5.74, 6) is 0. The van der Waals surface area contributed by atoms with Crippen molar-refractivity contribution in [1.29, 1.82) is 0 Å². The molecule has 6 rings (SSSR count). The minimum atomic E-state index is -1.33. The van der Waals surface area contributed by atoms with Gasteiger partial charge in [-0.3, -0.25) is 0 Å². The Morgan fingerprint density at radius 1 is 0.750 bits per heavy atom. The van der Waals surface area contributed by atoms with E-state index in [1.807, 2.05) is 66.1 Å². The van der Waals surface area contributed by atoms with E-state index < -0.39 is 8.07 Å². The molecule has 2 nitrogen and oxygen atoms in total. The first kappa shape index (κ1) is 30.0. The minimum Gasteiger partial charge on any atom is -0.305 e. The molecule has 6 aromatic rings. The third kappa shape index (κ3) is 6.67. The summed E-state index contributed by atoms with van der Waals surface area (Å²) in [7, 11) is -1.33. The minimum absolute atomic E-state index is 0. The zero-order valence-electron chi connectivity index (χ0n) is 23.9. The van der Waals surface area contributed by atoms with Gasteiger partial charge in [0.2, 0.25) is 0 Å². The molecule has 40 heavy (non-hydrogen) atoms. The third-order valence-corrected chi connectivity index (χ3v) is 10.1. The van der Waals surface area contributed by atoms with Gasteiger partial charge in [0, 0.05) is 37.2 Å². The molecule has 3 heterocycles. The maximum atomic E-state index is 4.77. The van der Waals surface area contributed by atoms with Crippen LogP contribution in [-0.4, -0.2) is 18.0 Å². The quantitative estimate of drug-likeness (QED) is 0.134. The monoisotopic (exact) mass is 735 g/mol. The van der Waals surface area contributed by atoms with Crippen LogP contribution in [0.25, 0.3) is 42.7 Å². The number of pyridine rings is 2. The van der Waals surface area contributed by atoms with Gasteiger partial charge in [0.25, 0.3) is 0 Å². The van der Waals surface area contributed by atoms with Gasteiger partial charge in [-0.2, -0.15) is 11.3 Å². The van der Waals surface area contributed by atoms with Crippen LogP contribution >= 0.6 is 11.3 Å². The Bertz CT molecular complexity index is 1660. The van der Waals surface area contributed by atoms with E-state index >= 15 is 0 Å². The fourth-order valence-corrected chi connectivity index (χ4v) is 6.81. The molecule has 0 N–H and O–H groups in total. The van der Waals surface area contributed by atoms with Gasteiger partial charge in [-0.1, -0.05) is 87.4 Å². The van der Waals surface area contributed by atoms with Gasteiger partial charge < -0.3 is 9.97 Å². The maximum absolute atomic E-state index is 4.77. The van der Waals surface area contributed by atoms with E-state index in [1.165, 1.54) is 30.9 Å². The van der Waals surface area contributed by atoms with E-state index in [-0.39, 0.29) is 25.5 Å². The molecule has 0 fully saturated rings. The molecule has 0 bridgehead atoms. The second kappa shape index (κ2) is 12.3. The van der Waals surface area contributed by atoms with Crippen molar-refractivity contribution in [3.05, 3.63) is 115 Å². The van der Waals surface area contributed by atoms with Crippen LogP contribution < -0.4 is 5.19 Å². The van der Waals surface area contributed by atoms with Crippen molar-refractivity contribution in [3.63, 3.8) is 0 Å². The average Bonchev–Trinajstić information content (AvgIpc) is 3.32. The average molecular weight is 735 g/mol. The number of aromatic nitrogens is 2. The number of thiophene rings is 1. The van der Waals surface area contributed by atoms with E-state index in [0.717, 1.165) is 22.5 Å². The largest absolute Gasteiger partial charge is 0.305 e. The van der Waals surface area contributed by atoms with Crippen molar-refractivity contribution in [3.8, 4) is 22.5 Å². The predicted octanol–water partition coefficient (Wildman–Crippen LogP) is 9.31. The summed E-state index contributed by atoms with van der Waals surface area (Å²) >= 11 is 1.86. The van der Waals surface area contributed by atoms with Crippen molar-refractivity contribution in [2.75, 3.05) is 0 Å². The number of fused-ring (bicyclic) bond motifs is 3. The Morgan fingerprint density at radius 2 is 1.55 bits per heavy atom. The second-order valence-corrected chi connectivity index (χ2v) is 18.0. The molecule has 0 unspecified atom stereocenters. The van der Waals surface area contributed by atoms with Crippen LogP contribution in [0.4, 0.5) is 0 Å². The number of hydrogen-bond donors (Lipinski definition) is 0. The molecule has 205 valence electrons. The smallest absolute Gasteiger partial charge is 0.0776 e. The molecular formula is C35H34IrN2SSi-2. The van der Waals surface area contributed by atoms with Gasteiger partial charge in [-0.25, -0.2) is 0 Å². The summed E-state index contributed by atoms with van der Waals surface area (Å²) in [5.41, 5.74) is 5.51. The standard InChI is InChI=1S/C24H26NSSi.C11H8N.Ir/c1-24(2,3)16-10-12-21(25-15-16)19-9-7-8-18-20-14-17(27(4,5)6)11-13-22(20)26-23(18)19;1-2-6-10(7-3-1)11-8-4-5-9-12-11;/h7-8,10-15H,1-6H3;1-6,8-9H;/q2*-1;. The summed E-state index contributed by atoms with van der Waals surface area (Å²) in [6.45, 7) is 13.9. The fourth-order valence-electron chi connectivity index (χ4n) is 4.46. The van der Waals surface area contributed by atoms with Crippen LogP contribution in [-0.2, 0) is 25.5 Å². The van der Waals surface area contributed by atoms with Crippen LogP contribution in [0, 0.1) is 12.1 Å². The summed E-state index contributed by atoms with van der Waals surface area (Å²) in [5, 5.41) is 4.21. The summed E-state index contributed by atoms with van der Waals surface area (Å²) < 4.78 is 2.63. The molecule has 0 aliphatic rings. The first-order chi connectivity index (χ1) is 18.6. The Morgan fingerprint density at radius 3 is 2.17 bits per heavy atom.